The molecule has 8 heteroatoms. The summed E-state index contributed by atoms with van der Waals surface area (Å²) >= 11 is 0. The number of benzene rings is 2. The maximum atomic E-state index is 11.7. The lowest BCUT2D eigenvalue weighted by Crippen LogP contribution is -2.36. The van der Waals surface area contributed by atoms with Gasteiger partial charge in [0.1, 0.15) is 5.75 Å². The zero-order chi connectivity index (χ0) is 20.4. The van der Waals surface area contributed by atoms with E-state index in [0.717, 1.165) is 22.6 Å². The summed E-state index contributed by atoms with van der Waals surface area (Å²) in [7, 11) is 3.40. The fourth-order valence-corrected chi connectivity index (χ4v) is 2.57. The number of hydrogen-bond donors (Lipinski definition) is 4. The molecule has 29 heavy (non-hydrogen) atoms. The first-order valence-corrected chi connectivity index (χ1v) is 9.24. The Balaban J connectivity index is 0.00000420. The van der Waals surface area contributed by atoms with E-state index in [1.54, 1.807) is 14.2 Å². The normalized spacial score (nSPS) is 10.7. The lowest BCUT2D eigenvalue weighted by atomic mass is 10.2. The summed E-state index contributed by atoms with van der Waals surface area (Å²) < 4.78 is 5.37. The molecule has 0 saturated carbocycles. The van der Waals surface area contributed by atoms with Crippen molar-refractivity contribution < 1.29 is 9.53 Å². The van der Waals surface area contributed by atoms with Gasteiger partial charge in [0.25, 0.3) is 0 Å². The average Bonchev–Trinajstić information content (AvgIpc) is 2.69. The van der Waals surface area contributed by atoms with Gasteiger partial charge >= 0.3 is 6.03 Å². The van der Waals surface area contributed by atoms with Crippen LogP contribution in [-0.4, -0.2) is 32.2 Å². The van der Waals surface area contributed by atoms with E-state index >= 15 is 0 Å². The van der Waals surface area contributed by atoms with Crippen molar-refractivity contribution in [3.63, 3.8) is 0 Å². The SMILES string of the molecule is CN=C(NCc1ccc(NC(=O)NC(C)C)cc1)NCc1ccccc1OC.I. The van der Waals surface area contributed by atoms with Crippen molar-refractivity contribution in [1.82, 2.24) is 16.0 Å². The molecule has 0 saturated heterocycles. The van der Waals surface area contributed by atoms with Gasteiger partial charge < -0.3 is 26.0 Å². The molecule has 0 aromatic heterocycles. The summed E-state index contributed by atoms with van der Waals surface area (Å²) in [6, 6.07) is 15.4. The fraction of sp³-hybridized carbons (Fsp3) is 0.333. The largest absolute Gasteiger partial charge is 0.496 e. The Bertz CT molecular complexity index is 794. The number of carbonyl (C=O) groups is 1. The molecule has 0 radical (unpaired) electrons. The molecule has 158 valence electrons. The van der Waals surface area contributed by atoms with Crippen molar-refractivity contribution in [2.24, 2.45) is 4.99 Å². The van der Waals surface area contributed by atoms with Crippen LogP contribution in [0.5, 0.6) is 5.75 Å². The van der Waals surface area contributed by atoms with E-state index in [4.69, 9.17) is 4.74 Å². The molecular weight excluding hydrogens is 481 g/mol. The Morgan fingerprint density at radius 3 is 2.31 bits per heavy atom. The summed E-state index contributed by atoms with van der Waals surface area (Å²) in [4.78, 5) is 16.0. The van der Waals surface area contributed by atoms with Gasteiger partial charge in [-0.3, -0.25) is 4.99 Å². The molecule has 0 aliphatic heterocycles. The average molecular weight is 511 g/mol. The van der Waals surface area contributed by atoms with Gasteiger partial charge in [0.2, 0.25) is 0 Å². The molecule has 2 rings (SSSR count). The highest BCUT2D eigenvalue weighted by Gasteiger charge is 2.05. The van der Waals surface area contributed by atoms with E-state index in [0.29, 0.717) is 19.0 Å². The van der Waals surface area contributed by atoms with Crippen molar-refractivity contribution >= 4 is 41.7 Å². The van der Waals surface area contributed by atoms with E-state index in [2.05, 4.69) is 26.3 Å². The van der Waals surface area contributed by atoms with Gasteiger partial charge in [0.15, 0.2) is 5.96 Å². The zero-order valence-corrected chi connectivity index (χ0v) is 19.6. The first-order valence-electron chi connectivity index (χ1n) is 9.24. The number of carbonyl (C=O) groups excluding carboxylic acids is 1. The van der Waals surface area contributed by atoms with E-state index in [1.165, 1.54) is 0 Å². The van der Waals surface area contributed by atoms with Crippen molar-refractivity contribution in [1.29, 1.82) is 0 Å². The van der Waals surface area contributed by atoms with Crippen LogP contribution in [0.1, 0.15) is 25.0 Å². The predicted octanol–water partition coefficient (Wildman–Crippen LogP) is 3.71. The van der Waals surface area contributed by atoms with Crippen LogP contribution in [0, 0.1) is 0 Å². The van der Waals surface area contributed by atoms with Gasteiger partial charge in [-0.1, -0.05) is 30.3 Å². The summed E-state index contributed by atoms with van der Waals surface area (Å²) in [6.07, 6.45) is 0. The van der Waals surface area contributed by atoms with Gasteiger partial charge in [-0.15, -0.1) is 24.0 Å². The maximum Gasteiger partial charge on any atom is 0.319 e. The highest BCUT2D eigenvalue weighted by Crippen LogP contribution is 2.16. The minimum atomic E-state index is -0.207. The number of rotatable bonds is 7. The molecule has 7 nitrogen and oxygen atoms in total. The van der Waals surface area contributed by atoms with E-state index in [1.807, 2.05) is 62.4 Å². The van der Waals surface area contributed by atoms with Gasteiger partial charge in [-0.2, -0.15) is 0 Å². The van der Waals surface area contributed by atoms with Crippen LogP contribution in [0.25, 0.3) is 0 Å². The number of halogens is 1. The standard InChI is InChI=1S/C21H29N5O2.HI/c1-15(2)25-21(27)26-18-11-9-16(10-12-18)13-23-20(22-3)24-14-17-7-5-6-8-19(17)28-4;/h5-12,15H,13-14H2,1-4H3,(H2,22,23,24)(H2,25,26,27);1H. The number of para-hydroxylation sites is 1. The molecule has 0 fully saturated rings. The number of anilines is 1. The number of methoxy groups -OCH3 is 1. The second kappa shape index (κ2) is 12.9. The third-order valence-corrected chi connectivity index (χ3v) is 3.95. The highest BCUT2D eigenvalue weighted by molar-refractivity contribution is 14.0. The first-order chi connectivity index (χ1) is 13.5. The molecular formula is C21H30IN5O2. The quantitative estimate of drug-likeness (QED) is 0.260. The van der Waals surface area contributed by atoms with Gasteiger partial charge in [0.05, 0.1) is 7.11 Å². The Kier molecular flexibility index (Phi) is 10.9. The Hall–Kier alpha value is -2.49. The second-order valence-corrected chi connectivity index (χ2v) is 6.54. The molecule has 0 bridgehead atoms. The van der Waals surface area contributed by atoms with Crippen LogP contribution in [0.3, 0.4) is 0 Å². The molecule has 2 aromatic carbocycles. The summed E-state index contributed by atoms with van der Waals surface area (Å²) in [5.41, 5.74) is 2.89. The number of nitrogens with one attached hydrogen (secondary N) is 4. The number of hydrogen-bond acceptors (Lipinski definition) is 3. The molecule has 0 aliphatic carbocycles. The van der Waals surface area contributed by atoms with Crippen molar-refractivity contribution in [3.8, 4) is 5.75 Å². The van der Waals surface area contributed by atoms with Crippen molar-refractivity contribution in [2.75, 3.05) is 19.5 Å². The fourth-order valence-electron chi connectivity index (χ4n) is 2.57. The number of aliphatic imine (C=N–C) groups is 1. The maximum absolute atomic E-state index is 11.7. The molecule has 4 N–H and O–H groups in total. The highest BCUT2D eigenvalue weighted by atomic mass is 127. The first kappa shape index (κ1) is 24.5. The molecule has 0 spiro atoms. The number of amides is 2. The molecule has 0 heterocycles. The van der Waals surface area contributed by atoms with Crippen molar-refractivity contribution in [2.45, 2.75) is 33.0 Å². The molecule has 0 unspecified atom stereocenters. The Labute approximate surface area is 189 Å². The third-order valence-electron chi connectivity index (χ3n) is 3.95. The predicted molar refractivity (Wildman–Crippen MR) is 129 cm³/mol. The smallest absolute Gasteiger partial charge is 0.319 e. The third kappa shape index (κ3) is 8.59. The van der Waals surface area contributed by atoms with E-state index in [-0.39, 0.29) is 36.0 Å². The van der Waals surface area contributed by atoms with Gasteiger partial charge in [0, 0.05) is 37.4 Å². The zero-order valence-electron chi connectivity index (χ0n) is 17.3. The Morgan fingerprint density at radius 1 is 1.03 bits per heavy atom. The summed E-state index contributed by atoms with van der Waals surface area (Å²) in [5, 5.41) is 12.2. The lowest BCUT2D eigenvalue weighted by Gasteiger charge is -2.14. The number of guanidine groups is 1. The van der Waals surface area contributed by atoms with E-state index in [9.17, 15) is 4.79 Å². The number of urea groups is 1. The molecule has 0 atom stereocenters. The minimum Gasteiger partial charge on any atom is -0.496 e. The number of ether oxygens (including phenoxy) is 1. The monoisotopic (exact) mass is 511 g/mol. The summed E-state index contributed by atoms with van der Waals surface area (Å²) in [6.45, 7) is 5.06. The Morgan fingerprint density at radius 2 is 1.69 bits per heavy atom. The summed E-state index contributed by atoms with van der Waals surface area (Å²) in [5.74, 6) is 1.54. The van der Waals surface area contributed by atoms with Crippen LogP contribution in [0.2, 0.25) is 0 Å². The van der Waals surface area contributed by atoms with Crippen LogP contribution in [0.4, 0.5) is 10.5 Å². The lowest BCUT2D eigenvalue weighted by molar-refractivity contribution is 0.250. The number of nitrogens with zero attached hydrogens (tertiary/aromatic N) is 1. The molecule has 2 amide bonds. The van der Waals surface area contributed by atoms with Gasteiger partial charge in [-0.05, 0) is 37.6 Å². The second-order valence-electron chi connectivity index (χ2n) is 6.54. The van der Waals surface area contributed by atoms with Crippen molar-refractivity contribution in [3.05, 3.63) is 59.7 Å². The van der Waals surface area contributed by atoms with Crippen LogP contribution < -0.4 is 26.0 Å². The van der Waals surface area contributed by atoms with Crippen LogP contribution in [0.15, 0.2) is 53.5 Å². The molecule has 2 aromatic rings. The molecule has 0 aliphatic rings. The topological polar surface area (TPSA) is 86.8 Å². The minimum absolute atomic E-state index is 0. The van der Waals surface area contributed by atoms with Crippen LogP contribution in [-0.2, 0) is 13.1 Å². The van der Waals surface area contributed by atoms with Gasteiger partial charge in [-0.25, -0.2) is 4.79 Å². The van der Waals surface area contributed by atoms with E-state index < -0.39 is 0 Å². The van der Waals surface area contributed by atoms with Crippen LogP contribution >= 0.6 is 24.0 Å².